The molecule has 1 aromatic rings. The highest BCUT2D eigenvalue weighted by Gasteiger charge is 2.25. The van der Waals surface area contributed by atoms with E-state index in [2.05, 4.69) is 15.6 Å². The SMILES string of the molecule is CSCCC(NC(=O)OC(C)(C)C)C(=O)NC(C)c1csc(C)n1. The Morgan fingerprint density at radius 2 is 2.04 bits per heavy atom. The van der Waals surface area contributed by atoms with Crippen molar-refractivity contribution >= 4 is 35.1 Å². The molecule has 136 valence electrons. The number of hydrogen-bond acceptors (Lipinski definition) is 6. The maximum absolute atomic E-state index is 12.5. The zero-order chi connectivity index (χ0) is 18.3. The molecule has 0 aliphatic carbocycles. The van der Waals surface area contributed by atoms with Gasteiger partial charge in [0.1, 0.15) is 11.6 Å². The number of carbonyl (C=O) groups is 2. The molecule has 0 bridgehead atoms. The lowest BCUT2D eigenvalue weighted by atomic mass is 10.1. The number of alkyl carbamates (subject to hydrolysis) is 1. The van der Waals surface area contributed by atoms with Crippen LogP contribution in [0, 0.1) is 6.92 Å². The summed E-state index contributed by atoms with van der Waals surface area (Å²) in [5.41, 5.74) is 0.225. The third-order valence-corrected chi connectivity index (χ3v) is 4.49. The summed E-state index contributed by atoms with van der Waals surface area (Å²) in [5.74, 6) is 0.533. The summed E-state index contributed by atoms with van der Waals surface area (Å²) in [6.45, 7) is 9.17. The first-order valence-corrected chi connectivity index (χ1v) is 10.1. The standard InChI is InChI=1S/C16H27N3O3S2/c1-10(13-9-24-11(2)18-13)17-14(20)12(7-8-23-6)19-15(21)22-16(3,4)5/h9-10,12H,7-8H2,1-6H3,(H,17,20)(H,19,21). The highest BCUT2D eigenvalue weighted by atomic mass is 32.2. The third kappa shape index (κ3) is 7.53. The number of amides is 2. The first kappa shape index (κ1) is 20.8. The highest BCUT2D eigenvalue weighted by Crippen LogP contribution is 2.16. The quantitative estimate of drug-likeness (QED) is 0.767. The molecule has 1 aromatic heterocycles. The van der Waals surface area contributed by atoms with Gasteiger partial charge in [-0.15, -0.1) is 11.3 Å². The number of rotatable bonds is 7. The van der Waals surface area contributed by atoms with Crippen LogP contribution in [-0.4, -0.2) is 40.6 Å². The van der Waals surface area contributed by atoms with Crippen molar-refractivity contribution in [3.63, 3.8) is 0 Å². The van der Waals surface area contributed by atoms with Crippen molar-refractivity contribution in [3.05, 3.63) is 16.1 Å². The summed E-state index contributed by atoms with van der Waals surface area (Å²) in [6, 6.07) is -0.839. The van der Waals surface area contributed by atoms with Gasteiger partial charge in [-0.2, -0.15) is 11.8 Å². The number of aryl methyl sites for hydroxylation is 1. The molecule has 1 rings (SSSR count). The molecule has 2 amide bonds. The Balaban J connectivity index is 2.68. The molecule has 2 unspecified atom stereocenters. The fraction of sp³-hybridized carbons (Fsp3) is 0.688. The van der Waals surface area contributed by atoms with Crippen molar-refractivity contribution in [2.24, 2.45) is 0 Å². The van der Waals surface area contributed by atoms with E-state index >= 15 is 0 Å². The minimum atomic E-state index is -0.630. The van der Waals surface area contributed by atoms with Crippen molar-refractivity contribution in [1.82, 2.24) is 15.6 Å². The molecular formula is C16H27N3O3S2. The molecule has 8 heteroatoms. The van der Waals surface area contributed by atoms with Crippen molar-refractivity contribution < 1.29 is 14.3 Å². The molecule has 0 saturated heterocycles. The van der Waals surface area contributed by atoms with Gasteiger partial charge < -0.3 is 15.4 Å². The lowest BCUT2D eigenvalue weighted by molar-refractivity contribution is -0.123. The van der Waals surface area contributed by atoms with E-state index in [1.165, 1.54) is 0 Å². The molecule has 0 radical (unpaired) electrons. The van der Waals surface area contributed by atoms with Gasteiger partial charge >= 0.3 is 6.09 Å². The van der Waals surface area contributed by atoms with E-state index in [0.717, 1.165) is 16.5 Å². The third-order valence-electron chi connectivity index (χ3n) is 3.06. The molecule has 0 aliphatic rings. The Morgan fingerprint density at radius 3 is 2.54 bits per heavy atom. The number of ether oxygens (including phenoxy) is 1. The van der Waals surface area contributed by atoms with E-state index in [9.17, 15) is 9.59 Å². The van der Waals surface area contributed by atoms with E-state index in [1.54, 1.807) is 43.9 Å². The van der Waals surface area contributed by atoms with Crippen molar-refractivity contribution in [2.45, 2.75) is 58.7 Å². The average Bonchev–Trinajstić information content (AvgIpc) is 2.88. The van der Waals surface area contributed by atoms with Crippen molar-refractivity contribution in [2.75, 3.05) is 12.0 Å². The maximum Gasteiger partial charge on any atom is 0.408 e. The van der Waals surface area contributed by atoms with Gasteiger partial charge in [-0.05, 0) is 53.0 Å². The summed E-state index contributed by atoms with van der Waals surface area (Å²) < 4.78 is 5.24. The summed E-state index contributed by atoms with van der Waals surface area (Å²) >= 11 is 3.17. The number of hydrogen-bond donors (Lipinski definition) is 2. The Bertz CT molecular complexity index is 555. The normalized spacial score (nSPS) is 13.9. The molecule has 6 nitrogen and oxygen atoms in total. The van der Waals surface area contributed by atoms with Gasteiger partial charge in [0, 0.05) is 5.38 Å². The zero-order valence-corrected chi connectivity index (χ0v) is 16.8. The number of thiazole rings is 1. The molecule has 24 heavy (non-hydrogen) atoms. The second kappa shape index (κ2) is 9.27. The van der Waals surface area contributed by atoms with Crippen LogP contribution in [0.4, 0.5) is 4.79 Å². The van der Waals surface area contributed by atoms with Crippen LogP contribution in [0.5, 0.6) is 0 Å². The van der Waals surface area contributed by atoms with Crippen LogP contribution in [0.2, 0.25) is 0 Å². The van der Waals surface area contributed by atoms with Gasteiger partial charge in [-0.3, -0.25) is 4.79 Å². The Morgan fingerprint density at radius 1 is 1.38 bits per heavy atom. The fourth-order valence-corrected chi connectivity index (χ4v) is 3.10. The van der Waals surface area contributed by atoms with Crippen molar-refractivity contribution in [3.8, 4) is 0 Å². The van der Waals surface area contributed by atoms with Crippen molar-refractivity contribution in [1.29, 1.82) is 0 Å². The molecule has 0 spiro atoms. The lowest BCUT2D eigenvalue weighted by Crippen LogP contribution is -2.49. The number of carbonyl (C=O) groups excluding carboxylic acids is 2. The molecule has 1 heterocycles. The van der Waals surface area contributed by atoms with Gasteiger partial charge in [0.05, 0.1) is 16.7 Å². The second-order valence-corrected chi connectivity index (χ2v) is 8.55. The largest absolute Gasteiger partial charge is 0.444 e. The van der Waals surface area contributed by atoms with E-state index in [-0.39, 0.29) is 11.9 Å². The van der Waals surface area contributed by atoms with Crippen LogP contribution in [-0.2, 0) is 9.53 Å². The van der Waals surface area contributed by atoms with E-state index in [1.807, 2.05) is 25.5 Å². The van der Waals surface area contributed by atoms with E-state index < -0.39 is 17.7 Å². The topological polar surface area (TPSA) is 80.3 Å². The van der Waals surface area contributed by atoms with Gasteiger partial charge in [-0.1, -0.05) is 0 Å². The minimum absolute atomic E-state index is 0.209. The molecule has 0 fully saturated rings. The summed E-state index contributed by atoms with van der Waals surface area (Å²) in [4.78, 5) is 28.9. The molecular weight excluding hydrogens is 346 g/mol. The predicted molar refractivity (Wildman–Crippen MR) is 99.6 cm³/mol. The van der Waals surface area contributed by atoms with Gasteiger partial charge in [0.15, 0.2) is 0 Å². The molecule has 0 saturated carbocycles. The van der Waals surface area contributed by atoms with Gasteiger partial charge in [0.25, 0.3) is 0 Å². The van der Waals surface area contributed by atoms with Crippen LogP contribution in [0.1, 0.15) is 50.9 Å². The lowest BCUT2D eigenvalue weighted by Gasteiger charge is -2.24. The summed E-state index contributed by atoms with van der Waals surface area (Å²) in [7, 11) is 0. The van der Waals surface area contributed by atoms with Crippen LogP contribution >= 0.6 is 23.1 Å². The summed E-state index contributed by atoms with van der Waals surface area (Å²) in [6.07, 6.45) is 1.92. The second-order valence-electron chi connectivity index (χ2n) is 6.50. The number of aromatic nitrogens is 1. The fourth-order valence-electron chi connectivity index (χ4n) is 1.92. The molecule has 2 atom stereocenters. The predicted octanol–water partition coefficient (Wildman–Crippen LogP) is 3.28. The Kier molecular flexibility index (Phi) is 8.02. The van der Waals surface area contributed by atoms with E-state index in [4.69, 9.17) is 4.74 Å². The van der Waals surface area contributed by atoms with Gasteiger partial charge in [0.2, 0.25) is 5.91 Å². The zero-order valence-electron chi connectivity index (χ0n) is 15.1. The van der Waals surface area contributed by atoms with Crippen LogP contribution in [0.15, 0.2) is 5.38 Å². The first-order chi connectivity index (χ1) is 11.1. The smallest absolute Gasteiger partial charge is 0.408 e. The maximum atomic E-state index is 12.5. The number of nitrogens with one attached hydrogen (secondary N) is 2. The monoisotopic (exact) mass is 373 g/mol. The van der Waals surface area contributed by atoms with Crippen LogP contribution in [0.3, 0.4) is 0 Å². The Labute approximate surface area is 152 Å². The molecule has 0 aromatic carbocycles. The van der Waals surface area contributed by atoms with Crippen LogP contribution < -0.4 is 10.6 Å². The highest BCUT2D eigenvalue weighted by molar-refractivity contribution is 7.98. The molecule has 2 N–H and O–H groups in total. The molecule has 0 aliphatic heterocycles. The Hall–Kier alpha value is -1.28. The first-order valence-electron chi connectivity index (χ1n) is 7.83. The van der Waals surface area contributed by atoms with E-state index in [0.29, 0.717) is 6.42 Å². The summed E-state index contributed by atoms with van der Waals surface area (Å²) in [5, 5.41) is 8.46. The number of nitrogens with zero attached hydrogens (tertiary/aromatic N) is 1. The minimum Gasteiger partial charge on any atom is -0.444 e. The average molecular weight is 374 g/mol. The number of thioether (sulfide) groups is 1. The van der Waals surface area contributed by atoms with Gasteiger partial charge in [-0.25, -0.2) is 9.78 Å². The van der Waals surface area contributed by atoms with Crippen LogP contribution in [0.25, 0.3) is 0 Å².